The maximum absolute atomic E-state index is 5.15. The molecule has 0 bridgehead atoms. The van der Waals surface area contributed by atoms with Crippen LogP contribution in [-0.4, -0.2) is 48.7 Å². The first-order valence-electron chi connectivity index (χ1n) is 6.49. The zero-order valence-corrected chi connectivity index (χ0v) is 11.4. The number of aromatic nitrogens is 2. The van der Waals surface area contributed by atoms with Gasteiger partial charge in [0.1, 0.15) is 0 Å². The van der Waals surface area contributed by atoms with E-state index in [2.05, 4.69) is 27.2 Å². The molecule has 1 N–H and O–H groups in total. The summed E-state index contributed by atoms with van der Waals surface area (Å²) in [6.45, 7) is 5.24. The highest BCUT2D eigenvalue weighted by atomic mass is 16.5. The van der Waals surface area contributed by atoms with Gasteiger partial charge in [0.15, 0.2) is 0 Å². The minimum atomic E-state index is 0.616. The van der Waals surface area contributed by atoms with Gasteiger partial charge in [0.2, 0.25) is 11.8 Å². The van der Waals surface area contributed by atoms with Crippen LogP contribution in [0.5, 0.6) is 5.88 Å². The molecule has 5 heteroatoms. The molecule has 0 aliphatic carbocycles. The summed E-state index contributed by atoms with van der Waals surface area (Å²) in [4.78, 5) is 11.0. The fourth-order valence-corrected chi connectivity index (χ4v) is 2.40. The molecule has 1 aliphatic heterocycles. The fraction of sp³-hybridized carbons (Fsp3) is 0.692. The lowest BCUT2D eigenvalue weighted by atomic mass is 9.99. The summed E-state index contributed by atoms with van der Waals surface area (Å²) < 4.78 is 5.15. The molecule has 1 saturated heterocycles. The molecule has 1 aliphatic rings. The number of anilines is 1. The minimum absolute atomic E-state index is 0.616. The molecule has 2 heterocycles. The van der Waals surface area contributed by atoms with Crippen LogP contribution in [0.15, 0.2) is 6.07 Å². The van der Waals surface area contributed by atoms with E-state index in [9.17, 15) is 0 Å². The summed E-state index contributed by atoms with van der Waals surface area (Å²) in [7, 11) is 3.81. The molecular weight excluding hydrogens is 228 g/mol. The Morgan fingerprint density at radius 3 is 3.06 bits per heavy atom. The van der Waals surface area contributed by atoms with E-state index in [1.807, 2.05) is 13.0 Å². The first-order valence-corrected chi connectivity index (χ1v) is 6.49. The van der Waals surface area contributed by atoms with Gasteiger partial charge in [-0.05, 0) is 39.3 Å². The number of ether oxygens (including phenoxy) is 1. The lowest BCUT2D eigenvalue weighted by Gasteiger charge is -2.29. The average molecular weight is 250 g/mol. The SMILES string of the molecule is COc1cc(C)nc(NCC2CCCN(C)C2)n1. The summed E-state index contributed by atoms with van der Waals surface area (Å²) in [6, 6.07) is 1.83. The van der Waals surface area contributed by atoms with Crippen molar-refractivity contribution in [1.82, 2.24) is 14.9 Å². The molecule has 2 rings (SSSR count). The fourth-order valence-electron chi connectivity index (χ4n) is 2.40. The van der Waals surface area contributed by atoms with Gasteiger partial charge < -0.3 is 15.0 Å². The van der Waals surface area contributed by atoms with Gasteiger partial charge in [-0.3, -0.25) is 0 Å². The van der Waals surface area contributed by atoms with Crippen LogP contribution in [0.3, 0.4) is 0 Å². The van der Waals surface area contributed by atoms with E-state index in [-0.39, 0.29) is 0 Å². The van der Waals surface area contributed by atoms with Gasteiger partial charge >= 0.3 is 0 Å². The van der Waals surface area contributed by atoms with Crippen LogP contribution in [-0.2, 0) is 0 Å². The van der Waals surface area contributed by atoms with E-state index < -0.39 is 0 Å². The van der Waals surface area contributed by atoms with Gasteiger partial charge in [-0.15, -0.1) is 0 Å². The number of aryl methyl sites for hydroxylation is 1. The lowest BCUT2D eigenvalue weighted by Crippen LogP contribution is -2.35. The summed E-state index contributed by atoms with van der Waals surface area (Å²) in [5.74, 6) is 1.96. The van der Waals surface area contributed by atoms with E-state index in [1.165, 1.54) is 19.4 Å². The van der Waals surface area contributed by atoms with Crippen LogP contribution in [0.4, 0.5) is 5.95 Å². The molecule has 0 radical (unpaired) electrons. The van der Waals surface area contributed by atoms with E-state index in [1.54, 1.807) is 7.11 Å². The summed E-state index contributed by atoms with van der Waals surface area (Å²) in [5.41, 5.74) is 0.921. The third-order valence-electron chi connectivity index (χ3n) is 3.31. The summed E-state index contributed by atoms with van der Waals surface area (Å²) in [6.07, 6.45) is 2.56. The van der Waals surface area contributed by atoms with Gasteiger partial charge in [-0.2, -0.15) is 4.98 Å². The van der Waals surface area contributed by atoms with Crippen LogP contribution in [0.2, 0.25) is 0 Å². The van der Waals surface area contributed by atoms with Gasteiger partial charge in [0, 0.05) is 24.8 Å². The van der Waals surface area contributed by atoms with E-state index in [0.717, 1.165) is 18.8 Å². The molecule has 0 spiro atoms. The molecule has 100 valence electrons. The number of nitrogens with one attached hydrogen (secondary N) is 1. The van der Waals surface area contributed by atoms with Gasteiger partial charge in [-0.1, -0.05) is 0 Å². The van der Waals surface area contributed by atoms with E-state index in [4.69, 9.17) is 4.74 Å². The van der Waals surface area contributed by atoms with Gasteiger partial charge in [0.05, 0.1) is 7.11 Å². The second kappa shape index (κ2) is 6.00. The van der Waals surface area contributed by atoms with E-state index >= 15 is 0 Å². The zero-order chi connectivity index (χ0) is 13.0. The number of hydrogen-bond donors (Lipinski definition) is 1. The molecule has 1 atom stereocenters. The second-order valence-electron chi connectivity index (χ2n) is 5.03. The van der Waals surface area contributed by atoms with Crippen molar-refractivity contribution >= 4 is 5.95 Å². The topological polar surface area (TPSA) is 50.3 Å². The highest BCUT2D eigenvalue weighted by Gasteiger charge is 2.17. The maximum atomic E-state index is 5.15. The number of hydrogen-bond acceptors (Lipinski definition) is 5. The zero-order valence-electron chi connectivity index (χ0n) is 11.4. The Labute approximate surface area is 109 Å². The molecular formula is C13H22N4O. The molecule has 1 aromatic rings. The van der Waals surface area contributed by atoms with Crippen molar-refractivity contribution in [3.63, 3.8) is 0 Å². The molecule has 1 unspecified atom stereocenters. The largest absolute Gasteiger partial charge is 0.481 e. The average Bonchev–Trinajstić information content (AvgIpc) is 2.36. The molecule has 5 nitrogen and oxygen atoms in total. The monoisotopic (exact) mass is 250 g/mol. The van der Waals surface area contributed by atoms with Crippen LogP contribution >= 0.6 is 0 Å². The van der Waals surface area contributed by atoms with Crippen molar-refractivity contribution in [2.45, 2.75) is 19.8 Å². The first kappa shape index (κ1) is 13.1. The standard InChI is InChI=1S/C13H22N4O/c1-10-7-12(18-3)16-13(15-10)14-8-11-5-4-6-17(2)9-11/h7,11H,4-6,8-9H2,1-3H3,(H,14,15,16). The van der Waals surface area contributed by atoms with E-state index in [0.29, 0.717) is 17.7 Å². The van der Waals surface area contributed by atoms with Crippen LogP contribution in [0.1, 0.15) is 18.5 Å². The highest BCUT2D eigenvalue weighted by Crippen LogP contribution is 2.16. The quantitative estimate of drug-likeness (QED) is 0.878. The van der Waals surface area contributed by atoms with Crippen LogP contribution in [0, 0.1) is 12.8 Å². The number of piperidine rings is 1. The van der Waals surface area contributed by atoms with Crippen LogP contribution < -0.4 is 10.1 Å². The summed E-state index contributed by atoms with van der Waals surface area (Å²) >= 11 is 0. The number of likely N-dealkylation sites (tertiary alicyclic amines) is 1. The van der Waals surface area contributed by atoms with Crippen molar-refractivity contribution < 1.29 is 4.74 Å². The van der Waals surface area contributed by atoms with Gasteiger partial charge in [0.25, 0.3) is 0 Å². The molecule has 0 saturated carbocycles. The minimum Gasteiger partial charge on any atom is -0.481 e. The van der Waals surface area contributed by atoms with Crippen LogP contribution in [0.25, 0.3) is 0 Å². The summed E-state index contributed by atoms with van der Waals surface area (Å²) in [5, 5.41) is 3.32. The van der Waals surface area contributed by atoms with Crippen molar-refractivity contribution in [1.29, 1.82) is 0 Å². The van der Waals surface area contributed by atoms with Crippen molar-refractivity contribution in [3.8, 4) is 5.88 Å². The number of methoxy groups -OCH3 is 1. The highest BCUT2D eigenvalue weighted by molar-refractivity contribution is 5.30. The Bertz CT molecular complexity index is 397. The number of rotatable bonds is 4. The Kier molecular flexibility index (Phi) is 4.36. The van der Waals surface area contributed by atoms with Crippen molar-refractivity contribution in [3.05, 3.63) is 11.8 Å². The molecule has 1 aromatic heterocycles. The maximum Gasteiger partial charge on any atom is 0.226 e. The number of nitrogens with zero attached hydrogens (tertiary/aromatic N) is 3. The molecule has 18 heavy (non-hydrogen) atoms. The van der Waals surface area contributed by atoms with Gasteiger partial charge in [-0.25, -0.2) is 4.98 Å². The Morgan fingerprint density at radius 2 is 2.33 bits per heavy atom. The molecule has 0 aromatic carbocycles. The third-order valence-corrected chi connectivity index (χ3v) is 3.31. The smallest absolute Gasteiger partial charge is 0.226 e. The Hall–Kier alpha value is -1.36. The Morgan fingerprint density at radius 1 is 1.50 bits per heavy atom. The van der Waals surface area contributed by atoms with Crippen molar-refractivity contribution in [2.75, 3.05) is 39.1 Å². The normalized spacial score (nSPS) is 20.7. The first-order chi connectivity index (χ1) is 8.67. The molecule has 1 fully saturated rings. The predicted molar refractivity (Wildman–Crippen MR) is 72.0 cm³/mol. The third kappa shape index (κ3) is 3.57. The Balaban J connectivity index is 1.91. The lowest BCUT2D eigenvalue weighted by molar-refractivity contribution is 0.217. The second-order valence-corrected chi connectivity index (χ2v) is 5.03. The predicted octanol–water partition coefficient (Wildman–Crippen LogP) is 1.55. The van der Waals surface area contributed by atoms with Crippen molar-refractivity contribution in [2.24, 2.45) is 5.92 Å². The molecule has 0 amide bonds.